The fourth-order valence-corrected chi connectivity index (χ4v) is 2.16. The number of nitrogens with zero attached hydrogens (tertiary/aromatic N) is 1. The zero-order valence-corrected chi connectivity index (χ0v) is 10.1. The summed E-state index contributed by atoms with van der Waals surface area (Å²) in [5.41, 5.74) is 7.40. The third kappa shape index (κ3) is 2.38. The van der Waals surface area contributed by atoms with Crippen LogP contribution in [-0.4, -0.2) is 24.3 Å². The number of ether oxygens (including phenoxy) is 2. The van der Waals surface area contributed by atoms with E-state index in [1.54, 1.807) is 0 Å². The Kier molecular flexibility index (Phi) is 3.02. The molecule has 2 aromatic rings. The van der Waals surface area contributed by atoms with E-state index in [0.29, 0.717) is 5.88 Å². The van der Waals surface area contributed by atoms with Crippen LogP contribution in [0.15, 0.2) is 30.3 Å². The molecule has 4 nitrogen and oxygen atoms in total. The van der Waals surface area contributed by atoms with Gasteiger partial charge >= 0.3 is 0 Å². The summed E-state index contributed by atoms with van der Waals surface area (Å²) < 4.78 is 11.2. The quantitative estimate of drug-likeness (QED) is 0.824. The second-order valence-electron chi connectivity index (χ2n) is 4.53. The zero-order chi connectivity index (χ0) is 12.4. The molecule has 1 aliphatic heterocycles. The monoisotopic (exact) mass is 244 g/mol. The maximum absolute atomic E-state index is 5.87. The van der Waals surface area contributed by atoms with E-state index >= 15 is 0 Å². The van der Waals surface area contributed by atoms with Gasteiger partial charge in [0.05, 0.1) is 18.7 Å². The maximum Gasteiger partial charge on any atom is 0.214 e. The molecule has 1 aromatic heterocycles. The van der Waals surface area contributed by atoms with E-state index < -0.39 is 0 Å². The minimum atomic E-state index is 0.220. The molecule has 0 bridgehead atoms. The average Bonchev–Trinajstić information content (AvgIpc) is 2.40. The Morgan fingerprint density at radius 3 is 2.83 bits per heavy atom. The summed E-state index contributed by atoms with van der Waals surface area (Å²) in [5, 5.41) is 1.04. The first-order valence-electron chi connectivity index (χ1n) is 6.22. The molecule has 0 aliphatic carbocycles. The van der Waals surface area contributed by atoms with Crippen molar-refractivity contribution in [3.05, 3.63) is 30.3 Å². The summed E-state index contributed by atoms with van der Waals surface area (Å²) in [7, 11) is 0. The topological polar surface area (TPSA) is 57.4 Å². The van der Waals surface area contributed by atoms with Crippen LogP contribution in [0.4, 0.5) is 5.69 Å². The van der Waals surface area contributed by atoms with Gasteiger partial charge in [-0.2, -0.15) is 0 Å². The Labute approximate surface area is 106 Å². The minimum Gasteiger partial charge on any atom is -0.474 e. The molecule has 1 aliphatic rings. The van der Waals surface area contributed by atoms with Gasteiger partial charge in [0, 0.05) is 30.0 Å². The van der Waals surface area contributed by atoms with Crippen LogP contribution in [0.25, 0.3) is 10.9 Å². The number of pyridine rings is 1. The SMILES string of the molecule is Nc1ccc2nc(OC3CCOCC3)ccc2c1. The summed E-state index contributed by atoms with van der Waals surface area (Å²) in [6.45, 7) is 1.55. The highest BCUT2D eigenvalue weighted by Gasteiger charge is 2.15. The first kappa shape index (κ1) is 11.3. The van der Waals surface area contributed by atoms with E-state index in [0.717, 1.165) is 42.6 Å². The van der Waals surface area contributed by atoms with Crippen LogP contribution < -0.4 is 10.5 Å². The lowest BCUT2D eigenvalue weighted by Gasteiger charge is -2.22. The zero-order valence-electron chi connectivity index (χ0n) is 10.1. The number of hydrogen-bond acceptors (Lipinski definition) is 4. The summed E-state index contributed by atoms with van der Waals surface area (Å²) >= 11 is 0. The third-order valence-electron chi connectivity index (χ3n) is 3.14. The number of fused-ring (bicyclic) bond motifs is 1. The maximum atomic E-state index is 5.87. The Balaban J connectivity index is 1.82. The van der Waals surface area contributed by atoms with Crippen molar-refractivity contribution in [2.24, 2.45) is 0 Å². The molecule has 1 aromatic carbocycles. The molecule has 0 radical (unpaired) electrons. The molecule has 0 spiro atoms. The average molecular weight is 244 g/mol. The van der Waals surface area contributed by atoms with Gasteiger partial charge in [-0.25, -0.2) is 4.98 Å². The molecule has 94 valence electrons. The summed E-state index contributed by atoms with van der Waals surface area (Å²) in [4.78, 5) is 4.49. The van der Waals surface area contributed by atoms with Crippen LogP contribution in [0, 0.1) is 0 Å². The van der Waals surface area contributed by atoms with Crippen molar-refractivity contribution in [1.29, 1.82) is 0 Å². The molecule has 0 saturated carbocycles. The molecule has 0 amide bonds. The van der Waals surface area contributed by atoms with Crippen molar-refractivity contribution in [3.8, 4) is 5.88 Å². The number of benzene rings is 1. The van der Waals surface area contributed by atoms with Gasteiger partial charge in [0.1, 0.15) is 6.10 Å². The second kappa shape index (κ2) is 4.82. The largest absolute Gasteiger partial charge is 0.474 e. The van der Waals surface area contributed by atoms with Crippen molar-refractivity contribution in [3.63, 3.8) is 0 Å². The lowest BCUT2D eigenvalue weighted by atomic mass is 10.1. The second-order valence-corrected chi connectivity index (χ2v) is 4.53. The Bertz CT molecular complexity index is 550. The molecule has 18 heavy (non-hydrogen) atoms. The number of nitrogen functional groups attached to an aromatic ring is 1. The highest BCUT2D eigenvalue weighted by atomic mass is 16.5. The van der Waals surface area contributed by atoms with Crippen LogP contribution in [0.2, 0.25) is 0 Å². The highest BCUT2D eigenvalue weighted by molar-refractivity contribution is 5.82. The smallest absolute Gasteiger partial charge is 0.214 e. The fraction of sp³-hybridized carbons (Fsp3) is 0.357. The van der Waals surface area contributed by atoms with Gasteiger partial charge in [0.15, 0.2) is 0 Å². The van der Waals surface area contributed by atoms with Gasteiger partial charge in [-0.05, 0) is 24.3 Å². The number of nitrogens with two attached hydrogens (primary N) is 1. The van der Waals surface area contributed by atoms with E-state index in [1.165, 1.54) is 0 Å². The van der Waals surface area contributed by atoms with Crippen LogP contribution in [0.1, 0.15) is 12.8 Å². The molecule has 0 unspecified atom stereocenters. The predicted molar refractivity (Wildman–Crippen MR) is 70.6 cm³/mol. The number of aromatic nitrogens is 1. The first-order valence-corrected chi connectivity index (χ1v) is 6.22. The van der Waals surface area contributed by atoms with Crippen molar-refractivity contribution in [2.75, 3.05) is 18.9 Å². The third-order valence-corrected chi connectivity index (χ3v) is 3.14. The van der Waals surface area contributed by atoms with E-state index in [2.05, 4.69) is 4.98 Å². The van der Waals surface area contributed by atoms with Crippen LogP contribution in [0.5, 0.6) is 5.88 Å². The van der Waals surface area contributed by atoms with Crippen LogP contribution >= 0.6 is 0 Å². The molecule has 3 rings (SSSR count). The van der Waals surface area contributed by atoms with Gasteiger partial charge < -0.3 is 15.2 Å². The molecule has 2 N–H and O–H groups in total. The van der Waals surface area contributed by atoms with E-state index in [9.17, 15) is 0 Å². The number of hydrogen-bond donors (Lipinski definition) is 1. The molecular weight excluding hydrogens is 228 g/mol. The van der Waals surface area contributed by atoms with Gasteiger partial charge in [0.25, 0.3) is 0 Å². The van der Waals surface area contributed by atoms with Crippen molar-refractivity contribution < 1.29 is 9.47 Å². The van der Waals surface area contributed by atoms with Gasteiger partial charge in [-0.15, -0.1) is 0 Å². The summed E-state index contributed by atoms with van der Waals surface area (Å²) in [5.74, 6) is 0.680. The van der Waals surface area contributed by atoms with E-state index in [-0.39, 0.29) is 6.10 Å². The Hall–Kier alpha value is -1.81. The number of rotatable bonds is 2. The molecule has 2 heterocycles. The lowest BCUT2D eigenvalue weighted by Crippen LogP contribution is -2.26. The predicted octanol–water partition coefficient (Wildman–Crippen LogP) is 2.37. The molecule has 1 saturated heterocycles. The molecule has 1 fully saturated rings. The number of anilines is 1. The first-order chi connectivity index (χ1) is 8.81. The van der Waals surface area contributed by atoms with E-state index in [4.69, 9.17) is 15.2 Å². The van der Waals surface area contributed by atoms with Crippen molar-refractivity contribution >= 4 is 16.6 Å². The summed E-state index contributed by atoms with van der Waals surface area (Å²) in [6, 6.07) is 9.58. The Morgan fingerprint density at radius 2 is 2.00 bits per heavy atom. The highest BCUT2D eigenvalue weighted by Crippen LogP contribution is 2.21. The lowest BCUT2D eigenvalue weighted by molar-refractivity contribution is 0.0239. The van der Waals surface area contributed by atoms with Crippen molar-refractivity contribution in [2.45, 2.75) is 18.9 Å². The van der Waals surface area contributed by atoms with Crippen molar-refractivity contribution in [1.82, 2.24) is 4.98 Å². The normalized spacial score (nSPS) is 16.9. The van der Waals surface area contributed by atoms with Gasteiger partial charge in [-0.3, -0.25) is 0 Å². The molecule has 0 atom stereocenters. The van der Waals surface area contributed by atoms with Crippen LogP contribution in [0.3, 0.4) is 0 Å². The van der Waals surface area contributed by atoms with E-state index in [1.807, 2.05) is 30.3 Å². The minimum absolute atomic E-state index is 0.220. The molecule has 4 heteroatoms. The summed E-state index contributed by atoms with van der Waals surface area (Å²) in [6.07, 6.45) is 2.08. The van der Waals surface area contributed by atoms with Gasteiger partial charge in [0.2, 0.25) is 5.88 Å². The standard InChI is InChI=1S/C14H16N2O2/c15-11-2-3-13-10(9-11)1-4-14(16-13)18-12-5-7-17-8-6-12/h1-4,9,12H,5-8,15H2. The van der Waals surface area contributed by atoms with Gasteiger partial charge in [-0.1, -0.05) is 0 Å². The fourth-order valence-electron chi connectivity index (χ4n) is 2.16. The van der Waals surface area contributed by atoms with Crippen LogP contribution in [-0.2, 0) is 4.74 Å². The molecular formula is C14H16N2O2. The Morgan fingerprint density at radius 1 is 1.17 bits per heavy atom.